The lowest BCUT2D eigenvalue weighted by atomic mass is 10.2. The molecule has 0 aromatic carbocycles. The third-order valence-electron chi connectivity index (χ3n) is 2.42. The molecule has 0 saturated heterocycles. The molecule has 0 radical (unpaired) electrons. The second-order valence-electron chi connectivity index (χ2n) is 4.13. The van der Waals surface area contributed by atoms with Gasteiger partial charge in [0.1, 0.15) is 0 Å². The van der Waals surface area contributed by atoms with E-state index >= 15 is 0 Å². The molecule has 0 saturated carbocycles. The number of unbranched alkanes of at least 4 members (excludes halogenated alkanes) is 3. The number of carbonyl (C=O) groups is 1. The molecule has 0 bridgehead atoms. The summed E-state index contributed by atoms with van der Waals surface area (Å²) >= 11 is 0. The third kappa shape index (κ3) is 11.5. The van der Waals surface area contributed by atoms with Gasteiger partial charge in [0.2, 0.25) is 0 Å². The summed E-state index contributed by atoms with van der Waals surface area (Å²) in [6.45, 7) is 6.99. The van der Waals surface area contributed by atoms with Crippen LogP contribution in [0.1, 0.15) is 58.8 Å². The SMILES string of the molecule is CCCCNCCCCCOC(=O)CCC. The summed E-state index contributed by atoms with van der Waals surface area (Å²) in [6, 6.07) is 0. The molecule has 0 heterocycles. The van der Waals surface area contributed by atoms with Gasteiger partial charge in [-0.2, -0.15) is 0 Å². The predicted molar refractivity (Wildman–Crippen MR) is 67.5 cm³/mol. The van der Waals surface area contributed by atoms with Gasteiger partial charge >= 0.3 is 5.97 Å². The van der Waals surface area contributed by atoms with E-state index in [1.807, 2.05) is 6.92 Å². The molecule has 0 rings (SSSR count). The molecule has 0 aliphatic carbocycles. The second kappa shape index (κ2) is 12.5. The molecule has 3 heteroatoms. The van der Waals surface area contributed by atoms with Crippen LogP contribution in [-0.4, -0.2) is 25.7 Å². The number of ether oxygens (including phenoxy) is 1. The summed E-state index contributed by atoms with van der Waals surface area (Å²) < 4.78 is 5.07. The fraction of sp³-hybridized carbons (Fsp3) is 0.923. The molecule has 16 heavy (non-hydrogen) atoms. The molecule has 96 valence electrons. The van der Waals surface area contributed by atoms with Crippen molar-refractivity contribution in [3.05, 3.63) is 0 Å². The summed E-state index contributed by atoms with van der Waals surface area (Å²) in [5.41, 5.74) is 0. The molecule has 1 N–H and O–H groups in total. The van der Waals surface area contributed by atoms with E-state index in [9.17, 15) is 4.79 Å². The van der Waals surface area contributed by atoms with Crippen LogP contribution in [-0.2, 0) is 9.53 Å². The minimum atomic E-state index is -0.0522. The van der Waals surface area contributed by atoms with E-state index in [4.69, 9.17) is 4.74 Å². The van der Waals surface area contributed by atoms with Gasteiger partial charge in [-0.25, -0.2) is 0 Å². The van der Waals surface area contributed by atoms with Gasteiger partial charge in [-0.1, -0.05) is 20.3 Å². The van der Waals surface area contributed by atoms with E-state index < -0.39 is 0 Å². The largest absolute Gasteiger partial charge is 0.466 e. The zero-order valence-electron chi connectivity index (χ0n) is 10.9. The number of hydrogen-bond donors (Lipinski definition) is 1. The van der Waals surface area contributed by atoms with Gasteiger partial charge in [-0.15, -0.1) is 0 Å². The highest BCUT2D eigenvalue weighted by molar-refractivity contribution is 5.69. The van der Waals surface area contributed by atoms with Crippen LogP contribution < -0.4 is 5.32 Å². The fourth-order valence-corrected chi connectivity index (χ4v) is 1.42. The molecule has 0 aromatic heterocycles. The number of nitrogens with one attached hydrogen (secondary N) is 1. The Kier molecular flexibility index (Phi) is 12.1. The fourth-order valence-electron chi connectivity index (χ4n) is 1.42. The Bertz CT molecular complexity index is 160. The summed E-state index contributed by atoms with van der Waals surface area (Å²) in [5.74, 6) is -0.0522. The molecule has 0 spiro atoms. The topological polar surface area (TPSA) is 38.3 Å². The van der Waals surface area contributed by atoms with Gasteiger partial charge in [0.15, 0.2) is 0 Å². The number of hydrogen-bond acceptors (Lipinski definition) is 3. The standard InChI is InChI=1S/C13H27NO2/c1-3-5-10-14-11-7-6-8-12-16-13(15)9-4-2/h14H,3-12H2,1-2H3. The second-order valence-corrected chi connectivity index (χ2v) is 4.13. The van der Waals surface area contributed by atoms with Gasteiger partial charge in [0.05, 0.1) is 6.61 Å². The molecule has 0 aliphatic rings. The first-order valence-corrected chi connectivity index (χ1v) is 6.67. The molecular weight excluding hydrogens is 202 g/mol. The first-order valence-electron chi connectivity index (χ1n) is 6.67. The number of carbonyl (C=O) groups excluding carboxylic acids is 1. The Labute approximate surface area is 99.9 Å². The number of rotatable bonds is 11. The Morgan fingerprint density at radius 3 is 2.44 bits per heavy atom. The van der Waals surface area contributed by atoms with E-state index in [1.54, 1.807) is 0 Å². The zero-order chi connectivity index (χ0) is 12.1. The molecule has 0 aromatic rings. The Hall–Kier alpha value is -0.570. The minimum absolute atomic E-state index is 0.0522. The van der Waals surface area contributed by atoms with Crippen molar-refractivity contribution in [3.8, 4) is 0 Å². The third-order valence-corrected chi connectivity index (χ3v) is 2.42. The lowest BCUT2D eigenvalue weighted by Gasteiger charge is -2.05. The minimum Gasteiger partial charge on any atom is -0.466 e. The summed E-state index contributed by atoms with van der Waals surface area (Å²) in [4.78, 5) is 11.0. The van der Waals surface area contributed by atoms with Crippen LogP contribution in [0.5, 0.6) is 0 Å². The normalized spacial score (nSPS) is 10.4. The van der Waals surface area contributed by atoms with E-state index in [0.29, 0.717) is 13.0 Å². The average Bonchev–Trinajstić information content (AvgIpc) is 2.27. The maximum Gasteiger partial charge on any atom is 0.305 e. The summed E-state index contributed by atoms with van der Waals surface area (Å²) in [7, 11) is 0. The maximum absolute atomic E-state index is 11.0. The quantitative estimate of drug-likeness (QED) is 0.437. The highest BCUT2D eigenvalue weighted by atomic mass is 16.5. The van der Waals surface area contributed by atoms with Gasteiger partial charge in [0, 0.05) is 6.42 Å². The average molecular weight is 229 g/mol. The van der Waals surface area contributed by atoms with Crippen LogP contribution in [0.15, 0.2) is 0 Å². The molecule has 3 nitrogen and oxygen atoms in total. The van der Waals surface area contributed by atoms with Crippen molar-refractivity contribution in [2.75, 3.05) is 19.7 Å². The van der Waals surface area contributed by atoms with Gasteiger partial charge in [0.25, 0.3) is 0 Å². The summed E-state index contributed by atoms with van der Waals surface area (Å²) in [5, 5.41) is 3.40. The van der Waals surface area contributed by atoms with Crippen molar-refractivity contribution in [3.63, 3.8) is 0 Å². The van der Waals surface area contributed by atoms with Crippen molar-refractivity contribution in [1.29, 1.82) is 0 Å². The highest BCUT2D eigenvalue weighted by Gasteiger charge is 1.99. The summed E-state index contributed by atoms with van der Waals surface area (Å²) in [6.07, 6.45) is 7.24. The van der Waals surface area contributed by atoms with Crippen molar-refractivity contribution in [2.24, 2.45) is 0 Å². The lowest BCUT2D eigenvalue weighted by molar-refractivity contribution is -0.143. The van der Waals surface area contributed by atoms with E-state index in [-0.39, 0.29) is 5.97 Å². The lowest BCUT2D eigenvalue weighted by Crippen LogP contribution is -2.16. The van der Waals surface area contributed by atoms with Crippen LogP contribution in [0, 0.1) is 0 Å². The Balaban J connectivity index is 3.01. The molecule has 0 fully saturated rings. The van der Waals surface area contributed by atoms with Gasteiger partial charge in [-0.05, 0) is 45.2 Å². The van der Waals surface area contributed by atoms with Crippen molar-refractivity contribution in [2.45, 2.75) is 58.8 Å². The van der Waals surface area contributed by atoms with Crippen LogP contribution >= 0.6 is 0 Å². The maximum atomic E-state index is 11.0. The highest BCUT2D eigenvalue weighted by Crippen LogP contribution is 1.97. The smallest absolute Gasteiger partial charge is 0.305 e. The Morgan fingerprint density at radius 1 is 1.00 bits per heavy atom. The van der Waals surface area contributed by atoms with Gasteiger partial charge < -0.3 is 10.1 Å². The van der Waals surface area contributed by atoms with E-state index in [2.05, 4.69) is 12.2 Å². The van der Waals surface area contributed by atoms with Gasteiger partial charge in [-0.3, -0.25) is 4.79 Å². The first kappa shape index (κ1) is 15.4. The van der Waals surface area contributed by atoms with Crippen molar-refractivity contribution < 1.29 is 9.53 Å². The van der Waals surface area contributed by atoms with Crippen LogP contribution in [0.4, 0.5) is 0 Å². The molecule has 0 atom stereocenters. The van der Waals surface area contributed by atoms with Crippen LogP contribution in [0.3, 0.4) is 0 Å². The molecule has 0 aliphatic heterocycles. The van der Waals surface area contributed by atoms with E-state index in [0.717, 1.165) is 32.4 Å². The zero-order valence-corrected chi connectivity index (χ0v) is 10.9. The van der Waals surface area contributed by atoms with Crippen molar-refractivity contribution in [1.82, 2.24) is 5.32 Å². The molecule has 0 amide bonds. The van der Waals surface area contributed by atoms with Crippen LogP contribution in [0.2, 0.25) is 0 Å². The molecule has 0 unspecified atom stereocenters. The monoisotopic (exact) mass is 229 g/mol. The molecular formula is C13H27NO2. The first-order chi connectivity index (χ1) is 7.81. The van der Waals surface area contributed by atoms with Crippen LogP contribution in [0.25, 0.3) is 0 Å². The number of esters is 1. The predicted octanol–water partition coefficient (Wildman–Crippen LogP) is 2.89. The Morgan fingerprint density at radius 2 is 1.75 bits per heavy atom. The van der Waals surface area contributed by atoms with Crippen molar-refractivity contribution >= 4 is 5.97 Å². The van der Waals surface area contributed by atoms with E-state index in [1.165, 1.54) is 19.3 Å².